The van der Waals surface area contributed by atoms with Gasteiger partial charge in [-0.3, -0.25) is 4.79 Å². The second kappa shape index (κ2) is 5.97. The summed E-state index contributed by atoms with van der Waals surface area (Å²) in [6, 6.07) is 12.5. The van der Waals surface area contributed by atoms with E-state index in [-0.39, 0.29) is 12.7 Å². The molecule has 2 aromatic carbocycles. The molecule has 1 aliphatic rings. The van der Waals surface area contributed by atoms with Crippen LogP contribution >= 0.6 is 15.9 Å². The molecule has 0 radical (unpaired) electrons. The third kappa shape index (κ3) is 3.22. The quantitative estimate of drug-likeness (QED) is 0.686. The predicted molar refractivity (Wildman–Crippen MR) is 81.8 cm³/mol. The number of halogens is 1. The first kappa shape index (κ1) is 13.6. The van der Waals surface area contributed by atoms with Crippen molar-refractivity contribution in [2.75, 3.05) is 6.79 Å². The Labute approximate surface area is 129 Å². The average Bonchev–Trinajstić information content (AvgIpc) is 2.94. The zero-order valence-corrected chi connectivity index (χ0v) is 12.5. The molecule has 0 bridgehead atoms. The molecule has 1 amide bonds. The van der Waals surface area contributed by atoms with Crippen LogP contribution in [0.1, 0.15) is 15.9 Å². The van der Waals surface area contributed by atoms with E-state index in [4.69, 9.17) is 9.47 Å². The van der Waals surface area contributed by atoms with Crippen molar-refractivity contribution in [1.82, 2.24) is 5.43 Å². The number of amides is 1. The summed E-state index contributed by atoms with van der Waals surface area (Å²) >= 11 is 3.32. The van der Waals surface area contributed by atoms with Gasteiger partial charge in [0.2, 0.25) is 6.79 Å². The molecule has 106 valence electrons. The third-order valence-electron chi connectivity index (χ3n) is 2.86. The van der Waals surface area contributed by atoms with E-state index in [9.17, 15) is 4.79 Å². The van der Waals surface area contributed by atoms with Crippen molar-refractivity contribution in [3.8, 4) is 11.5 Å². The molecule has 1 heterocycles. The Morgan fingerprint density at radius 3 is 2.90 bits per heavy atom. The van der Waals surface area contributed by atoms with E-state index in [0.717, 1.165) is 10.0 Å². The maximum absolute atomic E-state index is 11.9. The van der Waals surface area contributed by atoms with Gasteiger partial charge in [-0.05, 0) is 42.0 Å². The number of hydrogen-bond donors (Lipinski definition) is 1. The monoisotopic (exact) mass is 346 g/mol. The fourth-order valence-corrected chi connectivity index (χ4v) is 2.25. The van der Waals surface area contributed by atoms with Crippen LogP contribution in [-0.2, 0) is 0 Å². The Morgan fingerprint density at radius 1 is 1.19 bits per heavy atom. The van der Waals surface area contributed by atoms with Gasteiger partial charge in [-0.15, -0.1) is 0 Å². The van der Waals surface area contributed by atoms with Gasteiger partial charge in [-0.2, -0.15) is 5.10 Å². The Hall–Kier alpha value is -2.34. The van der Waals surface area contributed by atoms with Crippen LogP contribution in [0.15, 0.2) is 52.0 Å². The minimum absolute atomic E-state index is 0.232. The summed E-state index contributed by atoms with van der Waals surface area (Å²) in [4.78, 5) is 11.9. The lowest BCUT2D eigenvalue weighted by Crippen LogP contribution is -2.17. The molecule has 0 saturated carbocycles. The number of hydrogen-bond acceptors (Lipinski definition) is 4. The lowest BCUT2D eigenvalue weighted by molar-refractivity contribution is 0.0955. The summed E-state index contributed by atoms with van der Waals surface area (Å²) in [6.45, 7) is 0.232. The second-order valence-corrected chi connectivity index (χ2v) is 5.24. The summed E-state index contributed by atoms with van der Waals surface area (Å²) < 4.78 is 11.3. The van der Waals surface area contributed by atoms with Gasteiger partial charge in [0.05, 0.1) is 6.21 Å². The van der Waals surface area contributed by atoms with Crippen molar-refractivity contribution < 1.29 is 14.3 Å². The van der Waals surface area contributed by atoms with Gasteiger partial charge in [-0.25, -0.2) is 5.43 Å². The largest absolute Gasteiger partial charge is 0.454 e. The topological polar surface area (TPSA) is 59.9 Å². The van der Waals surface area contributed by atoms with E-state index in [1.165, 1.54) is 0 Å². The number of rotatable bonds is 3. The van der Waals surface area contributed by atoms with Gasteiger partial charge in [0.15, 0.2) is 11.5 Å². The number of hydrazone groups is 1. The highest BCUT2D eigenvalue weighted by molar-refractivity contribution is 9.10. The molecule has 0 aliphatic carbocycles. The van der Waals surface area contributed by atoms with Crippen LogP contribution < -0.4 is 14.9 Å². The first-order chi connectivity index (χ1) is 10.2. The second-order valence-electron chi connectivity index (χ2n) is 4.32. The molecular weight excluding hydrogens is 336 g/mol. The lowest BCUT2D eigenvalue weighted by Gasteiger charge is -2.00. The molecule has 5 nitrogen and oxygen atoms in total. The molecule has 6 heteroatoms. The molecule has 3 rings (SSSR count). The molecule has 1 aliphatic heterocycles. The van der Waals surface area contributed by atoms with Crippen LogP contribution in [0.25, 0.3) is 0 Å². The number of fused-ring (bicyclic) bond motifs is 1. The predicted octanol–water partition coefficient (Wildman–Crippen LogP) is 2.94. The molecule has 0 aromatic heterocycles. The fraction of sp³-hybridized carbons (Fsp3) is 0.0667. The molecule has 0 saturated heterocycles. The standard InChI is InChI=1S/C15H11BrN2O3/c16-12-3-1-2-11(7-12)15(19)18-17-8-10-4-5-13-14(6-10)21-9-20-13/h1-8H,9H2,(H,18,19)/b17-8-. The average molecular weight is 347 g/mol. The number of carbonyl (C=O) groups excluding carboxylic acids is 1. The Balaban J connectivity index is 1.65. The van der Waals surface area contributed by atoms with Crippen molar-refractivity contribution in [3.63, 3.8) is 0 Å². The molecule has 21 heavy (non-hydrogen) atoms. The third-order valence-corrected chi connectivity index (χ3v) is 3.36. The van der Waals surface area contributed by atoms with E-state index >= 15 is 0 Å². The van der Waals surface area contributed by atoms with Gasteiger partial charge < -0.3 is 9.47 Å². The van der Waals surface area contributed by atoms with E-state index in [2.05, 4.69) is 26.5 Å². The van der Waals surface area contributed by atoms with Crippen molar-refractivity contribution in [3.05, 3.63) is 58.1 Å². The maximum atomic E-state index is 11.9. The first-order valence-corrected chi connectivity index (χ1v) is 7.00. The highest BCUT2D eigenvalue weighted by Crippen LogP contribution is 2.31. The van der Waals surface area contributed by atoms with E-state index in [1.807, 2.05) is 12.1 Å². The van der Waals surface area contributed by atoms with Crippen LogP contribution in [-0.4, -0.2) is 18.9 Å². The molecule has 2 aromatic rings. The Bertz CT molecular complexity index is 716. The molecule has 0 fully saturated rings. The molecule has 0 unspecified atom stereocenters. The van der Waals surface area contributed by atoms with Gasteiger partial charge in [0, 0.05) is 10.0 Å². The minimum atomic E-state index is -0.270. The lowest BCUT2D eigenvalue weighted by atomic mass is 10.2. The van der Waals surface area contributed by atoms with Crippen molar-refractivity contribution >= 4 is 28.1 Å². The van der Waals surface area contributed by atoms with Crippen molar-refractivity contribution in [1.29, 1.82) is 0 Å². The van der Waals surface area contributed by atoms with Crippen molar-refractivity contribution in [2.45, 2.75) is 0 Å². The summed E-state index contributed by atoms with van der Waals surface area (Å²) in [5.74, 6) is 1.12. The maximum Gasteiger partial charge on any atom is 0.271 e. The number of benzene rings is 2. The summed E-state index contributed by atoms with van der Waals surface area (Å²) in [5.41, 5.74) is 3.83. The van der Waals surface area contributed by atoms with Crippen LogP contribution in [0.4, 0.5) is 0 Å². The molecule has 0 spiro atoms. The van der Waals surface area contributed by atoms with Crippen molar-refractivity contribution in [2.24, 2.45) is 5.10 Å². The number of nitrogens with zero attached hydrogens (tertiary/aromatic N) is 1. The van der Waals surface area contributed by atoms with Gasteiger partial charge >= 0.3 is 0 Å². The molecule has 1 N–H and O–H groups in total. The van der Waals surface area contributed by atoms with Crippen LogP contribution in [0.5, 0.6) is 11.5 Å². The molecular formula is C15H11BrN2O3. The normalized spacial score (nSPS) is 12.6. The van der Waals surface area contributed by atoms with E-state index in [0.29, 0.717) is 17.1 Å². The Morgan fingerprint density at radius 2 is 2.05 bits per heavy atom. The van der Waals surface area contributed by atoms with Crippen LogP contribution in [0.2, 0.25) is 0 Å². The Kier molecular flexibility index (Phi) is 3.87. The highest BCUT2D eigenvalue weighted by Gasteiger charge is 2.12. The smallest absolute Gasteiger partial charge is 0.271 e. The van der Waals surface area contributed by atoms with E-state index in [1.54, 1.807) is 36.5 Å². The number of carbonyl (C=O) groups is 1. The first-order valence-electron chi connectivity index (χ1n) is 6.21. The fourth-order valence-electron chi connectivity index (χ4n) is 1.85. The van der Waals surface area contributed by atoms with Gasteiger partial charge in [0.1, 0.15) is 0 Å². The van der Waals surface area contributed by atoms with Gasteiger partial charge in [-0.1, -0.05) is 22.0 Å². The number of nitrogens with one attached hydrogen (secondary N) is 1. The minimum Gasteiger partial charge on any atom is -0.454 e. The molecule has 0 atom stereocenters. The number of ether oxygens (including phenoxy) is 2. The summed E-state index contributed by atoms with van der Waals surface area (Å²) in [6.07, 6.45) is 1.55. The van der Waals surface area contributed by atoms with E-state index < -0.39 is 0 Å². The summed E-state index contributed by atoms with van der Waals surface area (Å²) in [7, 11) is 0. The zero-order valence-electron chi connectivity index (χ0n) is 10.9. The highest BCUT2D eigenvalue weighted by atomic mass is 79.9. The zero-order chi connectivity index (χ0) is 14.7. The SMILES string of the molecule is O=C(N/N=C\c1ccc2c(c1)OCO2)c1cccc(Br)c1. The van der Waals surface area contributed by atoms with Crippen LogP contribution in [0.3, 0.4) is 0 Å². The van der Waals surface area contributed by atoms with Crippen LogP contribution in [0, 0.1) is 0 Å². The summed E-state index contributed by atoms with van der Waals surface area (Å²) in [5, 5.41) is 3.94. The van der Waals surface area contributed by atoms with Gasteiger partial charge in [0.25, 0.3) is 5.91 Å².